The summed E-state index contributed by atoms with van der Waals surface area (Å²) in [5.41, 5.74) is 2.73. The van der Waals surface area contributed by atoms with Crippen LogP contribution in [0.15, 0.2) is 23.3 Å². The average Bonchev–Trinajstić information content (AvgIpc) is 2.42. The fraction of sp³-hybridized carbons (Fsp3) is 0.750. The highest BCUT2D eigenvalue weighted by atomic mass is 16.4. The quantitative estimate of drug-likeness (QED) is 0.476. The molecule has 134 valence electrons. The zero-order valence-corrected chi connectivity index (χ0v) is 15.6. The Hall–Kier alpha value is -1.09. The Labute approximate surface area is 142 Å². The van der Waals surface area contributed by atoms with Gasteiger partial charge in [0.2, 0.25) is 0 Å². The standard InChI is InChI=1S/C20H36O3/c1-15(2)19(14-20(22)23)13-12-17(4)9-6-8-16(3)10-7-11-18(5)21/h9-10,15,18-19,21H,6-8,11-14H2,1-5H3,(H,22,23)/b16-10+,17-9+/t18?,19-/m1/s1. The SMILES string of the molecule is C/C(=C\CCC(C)O)CC/C=C(\C)CC[C@H](CC(=O)O)C(C)C. The molecule has 0 bridgehead atoms. The van der Waals surface area contributed by atoms with Crippen LogP contribution in [0.2, 0.25) is 0 Å². The second-order valence-corrected chi connectivity index (χ2v) is 7.21. The molecule has 3 heteroatoms. The van der Waals surface area contributed by atoms with Crippen molar-refractivity contribution in [3.8, 4) is 0 Å². The minimum atomic E-state index is -0.691. The second-order valence-electron chi connectivity index (χ2n) is 7.21. The zero-order chi connectivity index (χ0) is 17.8. The third-order valence-corrected chi connectivity index (χ3v) is 4.40. The molecule has 0 radical (unpaired) electrons. The van der Waals surface area contributed by atoms with Gasteiger partial charge in [-0.05, 0) is 71.1 Å². The molecule has 3 nitrogen and oxygen atoms in total. The molecule has 0 fully saturated rings. The summed E-state index contributed by atoms with van der Waals surface area (Å²) in [7, 11) is 0. The molecule has 0 saturated heterocycles. The van der Waals surface area contributed by atoms with Crippen LogP contribution in [0.5, 0.6) is 0 Å². The molecule has 23 heavy (non-hydrogen) atoms. The summed E-state index contributed by atoms with van der Waals surface area (Å²) < 4.78 is 0. The Balaban J connectivity index is 4.12. The molecule has 0 heterocycles. The van der Waals surface area contributed by atoms with Gasteiger partial charge >= 0.3 is 5.97 Å². The fourth-order valence-electron chi connectivity index (χ4n) is 2.63. The lowest BCUT2D eigenvalue weighted by molar-refractivity contribution is -0.138. The summed E-state index contributed by atoms with van der Waals surface area (Å²) >= 11 is 0. The Morgan fingerprint density at radius 2 is 1.52 bits per heavy atom. The number of carboxylic acids is 1. The first kappa shape index (κ1) is 21.9. The first-order chi connectivity index (χ1) is 10.7. The molecule has 0 aliphatic carbocycles. The number of hydrogen-bond donors (Lipinski definition) is 2. The second kappa shape index (κ2) is 12.3. The van der Waals surface area contributed by atoms with Crippen molar-refractivity contribution < 1.29 is 15.0 Å². The number of carboxylic acid groups (broad SMARTS) is 1. The Kier molecular flexibility index (Phi) is 11.8. The molecule has 0 aromatic heterocycles. The van der Waals surface area contributed by atoms with Gasteiger partial charge in [-0.15, -0.1) is 0 Å². The molecule has 0 spiro atoms. The summed E-state index contributed by atoms with van der Waals surface area (Å²) in [5, 5.41) is 18.2. The van der Waals surface area contributed by atoms with Crippen LogP contribution in [0.4, 0.5) is 0 Å². The van der Waals surface area contributed by atoms with Crippen LogP contribution in [0.25, 0.3) is 0 Å². The highest BCUT2D eigenvalue weighted by Gasteiger charge is 2.16. The number of hydrogen-bond acceptors (Lipinski definition) is 2. The average molecular weight is 325 g/mol. The number of aliphatic hydroxyl groups excluding tert-OH is 1. The topological polar surface area (TPSA) is 57.5 Å². The van der Waals surface area contributed by atoms with Gasteiger partial charge in [-0.3, -0.25) is 4.79 Å². The van der Waals surface area contributed by atoms with E-state index in [0.717, 1.165) is 38.5 Å². The Morgan fingerprint density at radius 1 is 0.957 bits per heavy atom. The third-order valence-electron chi connectivity index (χ3n) is 4.40. The number of aliphatic carboxylic acids is 1. The van der Waals surface area contributed by atoms with Gasteiger partial charge in [0.1, 0.15) is 0 Å². The maximum atomic E-state index is 10.9. The van der Waals surface area contributed by atoms with E-state index in [9.17, 15) is 9.90 Å². The molecule has 1 unspecified atom stereocenters. The monoisotopic (exact) mass is 324 g/mol. The molecule has 0 aromatic rings. The first-order valence-electron chi connectivity index (χ1n) is 8.93. The van der Waals surface area contributed by atoms with E-state index in [0.29, 0.717) is 5.92 Å². The van der Waals surface area contributed by atoms with Crippen molar-refractivity contribution in [3.63, 3.8) is 0 Å². The lowest BCUT2D eigenvalue weighted by Gasteiger charge is -2.18. The number of allylic oxidation sites excluding steroid dienone is 4. The van der Waals surface area contributed by atoms with Gasteiger partial charge in [0.25, 0.3) is 0 Å². The van der Waals surface area contributed by atoms with Crippen LogP contribution in [0.3, 0.4) is 0 Å². The van der Waals surface area contributed by atoms with Crippen molar-refractivity contribution in [3.05, 3.63) is 23.3 Å². The van der Waals surface area contributed by atoms with Crippen molar-refractivity contribution in [2.75, 3.05) is 0 Å². The van der Waals surface area contributed by atoms with Crippen LogP contribution in [0.1, 0.15) is 79.6 Å². The van der Waals surface area contributed by atoms with Crippen LogP contribution < -0.4 is 0 Å². The van der Waals surface area contributed by atoms with E-state index in [1.807, 2.05) is 6.92 Å². The minimum absolute atomic E-state index is 0.221. The van der Waals surface area contributed by atoms with Crippen molar-refractivity contribution in [1.82, 2.24) is 0 Å². The largest absolute Gasteiger partial charge is 0.481 e. The molecule has 2 atom stereocenters. The van der Waals surface area contributed by atoms with E-state index in [2.05, 4.69) is 39.8 Å². The highest BCUT2D eigenvalue weighted by Crippen LogP contribution is 2.23. The van der Waals surface area contributed by atoms with Gasteiger partial charge in [0.05, 0.1) is 6.10 Å². The summed E-state index contributed by atoms with van der Waals surface area (Å²) in [4.78, 5) is 10.9. The van der Waals surface area contributed by atoms with E-state index in [1.54, 1.807) is 0 Å². The van der Waals surface area contributed by atoms with Gasteiger partial charge in [-0.25, -0.2) is 0 Å². The van der Waals surface area contributed by atoms with Gasteiger partial charge in [-0.1, -0.05) is 37.1 Å². The third kappa shape index (κ3) is 13.1. The van der Waals surface area contributed by atoms with E-state index >= 15 is 0 Å². The van der Waals surface area contributed by atoms with Gasteiger partial charge in [0.15, 0.2) is 0 Å². The first-order valence-corrected chi connectivity index (χ1v) is 8.93. The Bertz CT molecular complexity index is 392. The van der Waals surface area contributed by atoms with Gasteiger partial charge in [-0.2, -0.15) is 0 Å². The smallest absolute Gasteiger partial charge is 0.303 e. The molecular weight excluding hydrogens is 288 g/mol. The molecule has 0 aromatic carbocycles. The summed E-state index contributed by atoms with van der Waals surface area (Å²) in [6.07, 6.45) is 10.4. The predicted molar refractivity (Wildman–Crippen MR) is 97.5 cm³/mol. The van der Waals surface area contributed by atoms with E-state index in [4.69, 9.17) is 5.11 Å². The zero-order valence-electron chi connectivity index (χ0n) is 15.6. The molecule has 0 amide bonds. The van der Waals surface area contributed by atoms with Crippen molar-refractivity contribution in [1.29, 1.82) is 0 Å². The summed E-state index contributed by atoms with van der Waals surface area (Å²) in [6.45, 7) is 10.3. The number of carbonyl (C=O) groups is 1. The van der Waals surface area contributed by atoms with Crippen LogP contribution >= 0.6 is 0 Å². The minimum Gasteiger partial charge on any atom is -0.481 e. The summed E-state index contributed by atoms with van der Waals surface area (Å²) in [6, 6.07) is 0. The van der Waals surface area contributed by atoms with Gasteiger partial charge in [0, 0.05) is 6.42 Å². The molecular formula is C20H36O3. The van der Waals surface area contributed by atoms with E-state index in [1.165, 1.54) is 11.1 Å². The van der Waals surface area contributed by atoms with E-state index < -0.39 is 5.97 Å². The van der Waals surface area contributed by atoms with Crippen molar-refractivity contribution in [2.24, 2.45) is 11.8 Å². The molecule has 0 aliphatic rings. The maximum Gasteiger partial charge on any atom is 0.303 e. The maximum absolute atomic E-state index is 10.9. The molecule has 0 saturated carbocycles. The molecule has 2 N–H and O–H groups in total. The predicted octanol–water partition coefficient (Wildman–Crippen LogP) is 5.35. The Morgan fingerprint density at radius 3 is 2.04 bits per heavy atom. The van der Waals surface area contributed by atoms with Crippen LogP contribution in [0, 0.1) is 11.8 Å². The van der Waals surface area contributed by atoms with Crippen molar-refractivity contribution in [2.45, 2.75) is 85.7 Å². The number of aliphatic hydroxyl groups is 1. The van der Waals surface area contributed by atoms with Crippen molar-refractivity contribution >= 4 is 5.97 Å². The summed E-state index contributed by atoms with van der Waals surface area (Å²) in [5.74, 6) is -0.0146. The molecule has 0 rings (SSSR count). The lowest BCUT2D eigenvalue weighted by Crippen LogP contribution is -2.14. The fourth-order valence-corrected chi connectivity index (χ4v) is 2.63. The number of rotatable bonds is 12. The lowest BCUT2D eigenvalue weighted by atomic mass is 9.87. The highest BCUT2D eigenvalue weighted by molar-refractivity contribution is 5.67. The normalized spacial score (nSPS) is 15.8. The van der Waals surface area contributed by atoms with E-state index in [-0.39, 0.29) is 18.4 Å². The van der Waals surface area contributed by atoms with Crippen LogP contribution in [-0.2, 0) is 4.79 Å². The van der Waals surface area contributed by atoms with Crippen LogP contribution in [-0.4, -0.2) is 22.3 Å². The molecule has 0 aliphatic heterocycles. The van der Waals surface area contributed by atoms with Gasteiger partial charge < -0.3 is 10.2 Å².